The average Bonchev–Trinajstić information content (AvgIpc) is 3.71. The Morgan fingerprint density at radius 2 is 1.27 bits per heavy atom. The van der Waals surface area contributed by atoms with Crippen LogP contribution in [0.25, 0.3) is 88.6 Å². The van der Waals surface area contributed by atoms with E-state index in [9.17, 15) is 0 Å². The number of aryl methyl sites for hydroxylation is 1. The van der Waals surface area contributed by atoms with Crippen molar-refractivity contribution in [1.29, 1.82) is 0 Å². The molecular weight excluding hydrogens is 633 g/mol. The molecule has 0 bridgehead atoms. The molecule has 1 aliphatic rings. The van der Waals surface area contributed by atoms with Crippen molar-refractivity contribution in [3.8, 4) is 45.1 Å². The van der Waals surface area contributed by atoms with E-state index >= 15 is 0 Å². The van der Waals surface area contributed by atoms with Gasteiger partial charge in [0.15, 0.2) is 5.82 Å². The third-order valence-corrected chi connectivity index (χ3v) is 10.7. The fourth-order valence-electron chi connectivity index (χ4n) is 8.39. The Kier molecular flexibility index (Phi) is 6.26. The molecule has 7 aromatic carbocycles. The van der Waals surface area contributed by atoms with Gasteiger partial charge in [0, 0.05) is 38.7 Å². The lowest BCUT2D eigenvalue weighted by Crippen LogP contribution is -2.10. The normalized spacial score (nSPS) is 12.3. The maximum absolute atomic E-state index is 5.27. The molecule has 11 rings (SSSR count). The summed E-state index contributed by atoms with van der Waals surface area (Å²) in [7, 11) is 0. The molecular formula is C48H30N4. The molecule has 0 fully saturated rings. The third-order valence-electron chi connectivity index (χ3n) is 10.7. The summed E-state index contributed by atoms with van der Waals surface area (Å²) < 4.78 is 4.88. The summed E-state index contributed by atoms with van der Waals surface area (Å²) in [6, 6.07) is 60.6. The number of benzene rings is 6. The number of nitrogens with zero attached hydrogens (tertiary/aromatic N) is 4. The van der Waals surface area contributed by atoms with Crippen LogP contribution in [0.5, 0.6) is 0 Å². The smallest absolute Gasteiger partial charge is 0.159 e. The summed E-state index contributed by atoms with van der Waals surface area (Å²) in [5, 5.41) is 6.12. The Morgan fingerprint density at radius 3 is 2.10 bits per heavy atom. The second kappa shape index (κ2) is 11.3. The van der Waals surface area contributed by atoms with E-state index in [1.807, 2.05) is 36.5 Å². The number of para-hydroxylation sites is 1. The van der Waals surface area contributed by atoms with Gasteiger partial charge in [-0.1, -0.05) is 115 Å². The molecule has 10 aromatic rings. The summed E-state index contributed by atoms with van der Waals surface area (Å²) in [5.74, 6) is 0.687. The average molecular weight is 663 g/mol. The minimum absolute atomic E-state index is 0.687. The molecule has 3 aromatic heterocycles. The highest BCUT2D eigenvalue weighted by atomic mass is 15.1. The van der Waals surface area contributed by atoms with Crippen LogP contribution in [0.1, 0.15) is 11.3 Å². The minimum atomic E-state index is 0.687. The molecule has 0 atom stereocenters. The zero-order valence-corrected chi connectivity index (χ0v) is 28.2. The summed E-state index contributed by atoms with van der Waals surface area (Å²) in [4.78, 5) is 10.3. The lowest BCUT2D eigenvalue weighted by atomic mass is 9.88. The highest BCUT2D eigenvalue weighted by molar-refractivity contribution is 6.18. The van der Waals surface area contributed by atoms with Crippen LogP contribution in [-0.4, -0.2) is 19.1 Å². The highest BCUT2D eigenvalue weighted by Crippen LogP contribution is 2.46. The quantitative estimate of drug-likeness (QED) is 0.188. The van der Waals surface area contributed by atoms with E-state index in [1.54, 1.807) is 0 Å². The topological polar surface area (TPSA) is 35.6 Å². The van der Waals surface area contributed by atoms with E-state index < -0.39 is 0 Å². The molecule has 52 heavy (non-hydrogen) atoms. The van der Waals surface area contributed by atoms with E-state index in [1.165, 1.54) is 60.3 Å². The second-order valence-electron chi connectivity index (χ2n) is 13.6. The van der Waals surface area contributed by atoms with Crippen molar-refractivity contribution in [3.63, 3.8) is 0 Å². The maximum atomic E-state index is 5.27. The number of rotatable bonds is 4. The molecule has 0 unspecified atom stereocenters. The number of aromatic nitrogens is 4. The maximum Gasteiger partial charge on any atom is 0.159 e. The van der Waals surface area contributed by atoms with Crippen LogP contribution in [0.15, 0.2) is 158 Å². The molecule has 0 aliphatic heterocycles. The summed E-state index contributed by atoms with van der Waals surface area (Å²) >= 11 is 0. The Labute approximate surface area is 300 Å². The van der Waals surface area contributed by atoms with Crippen molar-refractivity contribution in [1.82, 2.24) is 19.1 Å². The van der Waals surface area contributed by atoms with Crippen LogP contribution < -0.4 is 0 Å². The Morgan fingerprint density at radius 1 is 0.577 bits per heavy atom. The largest absolute Gasteiger partial charge is 0.309 e. The van der Waals surface area contributed by atoms with Crippen molar-refractivity contribution in [2.45, 2.75) is 12.8 Å². The van der Waals surface area contributed by atoms with Crippen LogP contribution in [0.4, 0.5) is 0 Å². The summed E-state index contributed by atoms with van der Waals surface area (Å²) in [6.07, 6.45) is 3.88. The van der Waals surface area contributed by atoms with E-state index in [4.69, 9.17) is 9.97 Å². The standard InChI is InChI=1S/C48H30N4/c1-4-15-32(16-5-1)47-45(30-49-48(50-47)33-17-6-2-7-18-33)52-41-25-24-31-14-12-13-23-37(31)46(41)40-29-43-39(28-44(40)52)38-26-34-19-10-11-20-35(34)27-42(38)51(43)36-21-8-3-9-22-36/h1-4,6-15,17-23,26-30H,24-25H2. The van der Waals surface area contributed by atoms with Gasteiger partial charge in [-0.25, -0.2) is 9.97 Å². The van der Waals surface area contributed by atoms with Crippen molar-refractivity contribution in [3.05, 3.63) is 181 Å². The molecule has 242 valence electrons. The van der Waals surface area contributed by atoms with Gasteiger partial charge in [-0.3, -0.25) is 0 Å². The zero-order chi connectivity index (χ0) is 34.2. The van der Waals surface area contributed by atoms with E-state index in [2.05, 4.69) is 143 Å². The van der Waals surface area contributed by atoms with Crippen LogP contribution in [0, 0.1) is 12.1 Å². The first-order valence-electron chi connectivity index (χ1n) is 17.8. The first-order valence-corrected chi connectivity index (χ1v) is 17.8. The molecule has 3 heterocycles. The van der Waals surface area contributed by atoms with Crippen molar-refractivity contribution >= 4 is 43.5 Å². The lowest BCUT2D eigenvalue weighted by molar-refractivity contribution is 0.861. The van der Waals surface area contributed by atoms with Gasteiger partial charge in [-0.05, 0) is 83.3 Å². The van der Waals surface area contributed by atoms with Crippen molar-refractivity contribution in [2.75, 3.05) is 0 Å². The summed E-state index contributed by atoms with van der Waals surface area (Å²) in [5.41, 5.74) is 13.6. The zero-order valence-electron chi connectivity index (χ0n) is 28.2. The minimum Gasteiger partial charge on any atom is -0.309 e. The van der Waals surface area contributed by atoms with Crippen LogP contribution in [0.2, 0.25) is 0 Å². The number of hydrogen-bond acceptors (Lipinski definition) is 2. The van der Waals surface area contributed by atoms with Gasteiger partial charge in [0.2, 0.25) is 0 Å². The third kappa shape index (κ3) is 4.30. The van der Waals surface area contributed by atoms with Gasteiger partial charge in [-0.2, -0.15) is 0 Å². The second-order valence-corrected chi connectivity index (χ2v) is 13.6. The Balaban J connectivity index is 1.29. The van der Waals surface area contributed by atoms with Crippen LogP contribution in [-0.2, 0) is 12.8 Å². The predicted molar refractivity (Wildman–Crippen MR) is 212 cm³/mol. The summed E-state index contributed by atoms with van der Waals surface area (Å²) in [6.45, 7) is 0. The van der Waals surface area contributed by atoms with Crippen molar-refractivity contribution < 1.29 is 0 Å². The van der Waals surface area contributed by atoms with Crippen LogP contribution in [0.3, 0.4) is 0 Å². The van der Waals surface area contributed by atoms with Gasteiger partial charge in [0.1, 0.15) is 5.69 Å². The van der Waals surface area contributed by atoms with E-state index in [0.29, 0.717) is 5.82 Å². The van der Waals surface area contributed by atoms with Gasteiger partial charge in [0.25, 0.3) is 0 Å². The first kappa shape index (κ1) is 28.8. The Bertz CT molecular complexity index is 2990. The predicted octanol–water partition coefficient (Wildman–Crippen LogP) is 11.4. The van der Waals surface area contributed by atoms with E-state index in [-0.39, 0.29) is 0 Å². The molecule has 4 nitrogen and oxygen atoms in total. The fourth-order valence-corrected chi connectivity index (χ4v) is 8.39. The molecule has 0 amide bonds. The monoisotopic (exact) mass is 662 g/mol. The van der Waals surface area contributed by atoms with Gasteiger partial charge in [-0.15, -0.1) is 0 Å². The molecule has 0 saturated heterocycles. The van der Waals surface area contributed by atoms with Crippen LogP contribution >= 0.6 is 0 Å². The van der Waals surface area contributed by atoms with E-state index in [0.717, 1.165) is 46.6 Å². The molecule has 1 aliphatic carbocycles. The number of fused-ring (bicyclic) bond motifs is 9. The van der Waals surface area contributed by atoms with Gasteiger partial charge >= 0.3 is 0 Å². The molecule has 0 spiro atoms. The molecule has 0 saturated carbocycles. The molecule has 0 radical (unpaired) electrons. The SMILES string of the molecule is c1cccc(-c2nc(-c3ccccc3)ncc2-n2c3c(c4cc5c(cc42)c2cc4ccccc4cc2n5-c2ccccc2)-c2ccccc2CC3)c#1. The first-order chi connectivity index (χ1) is 25.8. The number of hydrogen-bond donors (Lipinski definition) is 0. The fraction of sp³-hybridized carbons (Fsp3) is 0.0417. The van der Waals surface area contributed by atoms with Crippen molar-refractivity contribution in [2.24, 2.45) is 0 Å². The highest BCUT2D eigenvalue weighted by Gasteiger charge is 2.28. The molecule has 4 heteroatoms. The van der Waals surface area contributed by atoms with Gasteiger partial charge < -0.3 is 9.13 Å². The Hall–Kier alpha value is -6.96. The lowest BCUT2D eigenvalue weighted by Gasteiger charge is -2.20. The van der Waals surface area contributed by atoms with Gasteiger partial charge in [0.05, 0.1) is 34.0 Å². The molecule has 0 N–H and O–H groups in total.